The fraction of sp³-hybridized carbons (Fsp3) is 0.583. The highest BCUT2D eigenvalue weighted by Gasteiger charge is 2.29. The summed E-state index contributed by atoms with van der Waals surface area (Å²) in [6.07, 6.45) is 3.44. The number of carboxylic acids is 1. The number of halogens is 1. The summed E-state index contributed by atoms with van der Waals surface area (Å²) in [4.78, 5) is 25.2. The lowest BCUT2D eigenvalue weighted by Gasteiger charge is -2.27. The van der Waals surface area contributed by atoms with Crippen molar-refractivity contribution in [1.29, 1.82) is 0 Å². The third kappa shape index (κ3) is 6.03. The third-order valence-corrected chi connectivity index (χ3v) is 6.41. The molecule has 1 amide bonds. The lowest BCUT2D eigenvalue weighted by molar-refractivity contribution is -0.143. The predicted octanol–water partition coefficient (Wildman–Crippen LogP) is 4.40. The van der Waals surface area contributed by atoms with Crippen LogP contribution < -0.4 is 4.74 Å². The van der Waals surface area contributed by atoms with E-state index in [1.54, 1.807) is 25.1 Å². The van der Waals surface area contributed by atoms with Crippen LogP contribution in [0.4, 0.5) is 9.18 Å². The van der Waals surface area contributed by atoms with Crippen molar-refractivity contribution in [2.24, 2.45) is 13.0 Å². The zero-order chi connectivity index (χ0) is 24.8. The smallest absolute Gasteiger partial charge is 0.410 e. The van der Waals surface area contributed by atoms with E-state index in [0.29, 0.717) is 36.2 Å². The minimum Gasteiger partial charge on any atom is -0.487 e. The van der Waals surface area contributed by atoms with Crippen molar-refractivity contribution < 1.29 is 28.6 Å². The zero-order valence-electron chi connectivity index (χ0n) is 20.2. The Morgan fingerprint density at radius 1 is 1.35 bits per heavy atom. The molecular formula is C24H33FN4O5. The van der Waals surface area contributed by atoms with Crippen LogP contribution in [-0.2, 0) is 23.2 Å². The summed E-state index contributed by atoms with van der Waals surface area (Å²) >= 11 is 0. The SMILES string of the molecule is CCCC(C)N(C)C(=O)OCc1c(-c2ccc(O[C@H]3CCC[C@H](C(=O)O)C3)c(F)c2)nnn1C. The summed E-state index contributed by atoms with van der Waals surface area (Å²) in [6.45, 7) is 3.96. The van der Waals surface area contributed by atoms with Crippen molar-refractivity contribution in [2.75, 3.05) is 7.05 Å². The van der Waals surface area contributed by atoms with Crippen LogP contribution >= 0.6 is 0 Å². The minimum atomic E-state index is -0.842. The molecule has 1 aromatic heterocycles. The first-order chi connectivity index (χ1) is 16.2. The maximum atomic E-state index is 14.9. The molecular weight excluding hydrogens is 443 g/mol. The van der Waals surface area contributed by atoms with Gasteiger partial charge in [-0.15, -0.1) is 5.10 Å². The van der Waals surface area contributed by atoms with E-state index in [0.717, 1.165) is 19.3 Å². The first-order valence-corrected chi connectivity index (χ1v) is 11.7. The highest BCUT2D eigenvalue weighted by molar-refractivity contribution is 5.70. The number of carboxylic acid groups (broad SMARTS) is 1. The maximum absolute atomic E-state index is 14.9. The second kappa shape index (κ2) is 11.3. The van der Waals surface area contributed by atoms with E-state index in [1.807, 2.05) is 6.92 Å². The molecule has 9 nitrogen and oxygen atoms in total. The van der Waals surface area contributed by atoms with Gasteiger partial charge in [-0.25, -0.2) is 13.9 Å². The Morgan fingerprint density at radius 2 is 2.12 bits per heavy atom. The number of carbonyl (C=O) groups is 2. The van der Waals surface area contributed by atoms with Crippen molar-refractivity contribution in [3.8, 4) is 17.0 Å². The number of carbonyl (C=O) groups excluding carboxylic acids is 1. The quantitative estimate of drug-likeness (QED) is 0.572. The van der Waals surface area contributed by atoms with Gasteiger partial charge in [0.25, 0.3) is 0 Å². The van der Waals surface area contributed by atoms with Gasteiger partial charge in [-0.2, -0.15) is 0 Å². The fourth-order valence-electron chi connectivity index (χ4n) is 4.19. The van der Waals surface area contributed by atoms with E-state index in [9.17, 15) is 19.1 Å². The summed E-state index contributed by atoms with van der Waals surface area (Å²) in [5.74, 6) is -1.80. The molecule has 1 N–H and O–H groups in total. The molecule has 0 aliphatic heterocycles. The van der Waals surface area contributed by atoms with E-state index in [-0.39, 0.29) is 24.5 Å². The van der Waals surface area contributed by atoms with Gasteiger partial charge < -0.3 is 19.5 Å². The lowest BCUT2D eigenvalue weighted by Crippen LogP contribution is -2.35. The van der Waals surface area contributed by atoms with Gasteiger partial charge in [0.15, 0.2) is 11.6 Å². The number of aromatic nitrogens is 3. The number of nitrogens with zero attached hydrogens (tertiary/aromatic N) is 4. The van der Waals surface area contributed by atoms with Crippen molar-refractivity contribution in [3.63, 3.8) is 0 Å². The van der Waals surface area contributed by atoms with E-state index in [4.69, 9.17) is 9.47 Å². The average Bonchev–Trinajstić information content (AvgIpc) is 3.18. The first-order valence-electron chi connectivity index (χ1n) is 11.7. The molecule has 1 unspecified atom stereocenters. The molecule has 0 bridgehead atoms. The van der Waals surface area contributed by atoms with Gasteiger partial charge in [-0.3, -0.25) is 4.79 Å². The van der Waals surface area contributed by atoms with Crippen LogP contribution in [-0.4, -0.2) is 56.3 Å². The Labute approximate surface area is 198 Å². The van der Waals surface area contributed by atoms with Gasteiger partial charge in [-0.1, -0.05) is 18.6 Å². The van der Waals surface area contributed by atoms with Gasteiger partial charge in [0, 0.05) is 25.7 Å². The minimum absolute atomic E-state index is 0.0539. The molecule has 10 heteroatoms. The topological polar surface area (TPSA) is 107 Å². The standard InChI is InChI=1S/C24H33FN4O5/c1-5-7-15(2)28(3)24(32)33-14-20-22(26-27-29(20)4)16-10-11-21(19(25)13-16)34-18-9-6-8-17(12-18)23(30)31/h10-11,13,15,17-18H,5-9,12,14H2,1-4H3,(H,30,31)/t15?,17-,18-/m0/s1. The van der Waals surface area contributed by atoms with E-state index >= 15 is 0 Å². The molecule has 1 aliphatic rings. The van der Waals surface area contributed by atoms with Crippen LogP contribution in [0.1, 0.15) is 58.1 Å². The van der Waals surface area contributed by atoms with Gasteiger partial charge >= 0.3 is 12.1 Å². The Bertz CT molecular complexity index is 1010. The molecule has 3 rings (SSSR count). The fourth-order valence-corrected chi connectivity index (χ4v) is 4.19. The van der Waals surface area contributed by atoms with Gasteiger partial charge in [0.1, 0.15) is 18.0 Å². The van der Waals surface area contributed by atoms with E-state index in [1.165, 1.54) is 16.8 Å². The van der Waals surface area contributed by atoms with Gasteiger partial charge in [-0.05, 0) is 57.2 Å². The molecule has 3 atom stereocenters. The van der Waals surface area contributed by atoms with Crippen LogP contribution in [0.5, 0.6) is 5.75 Å². The molecule has 1 saturated carbocycles. The monoisotopic (exact) mass is 476 g/mol. The molecule has 34 heavy (non-hydrogen) atoms. The van der Waals surface area contributed by atoms with Crippen molar-refractivity contribution in [3.05, 3.63) is 29.7 Å². The Balaban J connectivity index is 1.69. The second-order valence-corrected chi connectivity index (χ2v) is 8.90. The Morgan fingerprint density at radius 3 is 2.79 bits per heavy atom. The van der Waals surface area contributed by atoms with Crippen LogP contribution in [0.25, 0.3) is 11.3 Å². The van der Waals surface area contributed by atoms with Crippen molar-refractivity contribution >= 4 is 12.1 Å². The first kappa shape index (κ1) is 25.5. The third-order valence-electron chi connectivity index (χ3n) is 6.41. The average molecular weight is 477 g/mol. The summed E-state index contributed by atoms with van der Waals surface area (Å²) in [5, 5.41) is 17.4. The van der Waals surface area contributed by atoms with Crippen LogP contribution in [0.3, 0.4) is 0 Å². The maximum Gasteiger partial charge on any atom is 0.410 e. The number of ether oxygens (including phenoxy) is 2. The summed E-state index contributed by atoms with van der Waals surface area (Å²) < 4.78 is 27.6. The number of rotatable bonds is 9. The highest BCUT2D eigenvalue weighted by Crippen LogP contribution is 2.31. The summed E-state index contributed by atoms with van der Waals surface area (Å²) in [5.41, 5.74) is 1.42. The second-order valence-electron chi connectivity index (χ2n) is 8.90. The molecule has 1 aliphatic carbocycles. The molecule has 1 fully saturated rings. The van der Waals surface area contributed by atoms with E-state index in [2.05, 4.69) is 17.2 Å². The van der Waals surface area contributed by atoms with Crippen LogP contribution in [0.2, 0.25) is 0 Å². The number of benzene rings is 1. The van der Waals surface area contributed by atoms with Crippen LogP contribution in [0.15, 0.2) is 18.2 Å². The van der Waals surface area contributed by atoms with Crippen molar-refractivity contribution in [1.82, 2.24) is 19.9 Å². The lowest BCUT2D eigenvalue weighted by atomic mass is 9.87. The van der Waals surface area contributed by atoms with E-state index < -0.39 is 23.8 Å². The zero-order valence-corrected chi connectivity index (χ0v) is 20.2. The largest absolute Gasteiger partial charge is 0.487 e. The number of aliphatic carboxylic acids is 1. The van der Waals surface area contributed by atoms with Crippen molar-refractivity contribution in [2.45, 2.75) is 71.1 Å². The van der Waals surface area contributed by atoms with Gasteiger partial charge in [0.2, 0.25) is 0 Å². The number of hydrogen-bond donors (Lipinski definition) is 1. The summed E-state index contributed by atoms with van der Waals surface area (Å²) in [6, 6.07) is 4.54. The normalized spacial score (nSPS) is 18.9. The molecule has 1 aromatic carbocycles. The molecule has 0 radical (unpaired) electrons. The van der Waals surface area contributed by atoms with Gasteiger partial charge in [0.05, 0.1) is 12.0 Å². The molecule has 186 valence electrons. The van der Waals surface area contributed by atoms with Crippen LogP contribution in [0, 0.1) is 11.7 Å². The molecule has 2 aromatic rings. The summed E-state index contributed by atoms with van der Waals surface area (Å²) in [7, 11) is 3.38. The molecule has 0 saturated heterocycles. The number of aryl methyl sites for hydroxylation is 1. The molecule has 0 spiro atoms. The highest BCUT2D eigenvalue weighted by atomic mass is 19.1. The Kier molecular flexibility index (Phi) is 8.46. The Hall–Kier alpha value is -3.17. The molecule has 1 heterocycles. The predicted molar refractivity (Wildman–Crippen MR) is 123 cm³/mol. The number of amides is 1. The number of hydrogen-bond acceptors (Lipinski definition) is 6.